The van der Waals surface area contributed by atoms with Gasteiger partial charge in [-0.3, -0.25) is 4.79 Å². The van der Waals surface area contributed by atoms with Crippen LogP contribution in [0.4, 0.5) is 0 Å². The molecule has 2 aliphatic rings. The van der Waals surface area contributed by atoms with Crippen LogP contribution < -0.4 is 5.32 Å². The normalized spacial score (nSPS) is 22.1. The van der Waals surface area contributed by atoms with Gasteiger partial charge in [-0.05, 0) is 70.6 Å². The Labute approximate surface area is 607 Å². The lowest BCUT2D eigenvalue weighted by Gasteiger charge is -2.46. The Hall–Kier alpha value is -2.05. The molecule has 0 radical (unpaired) electrons. The quantitative estimate of drug-likeness (QED) is 0.0204. The summed E-state index contributed by atoms with van der Waals surface area (Å²) in [5.41, 5.74) is 0. The van der Waals surface area contributed by atoms with E-state index in [9.17, 15) is 45.6 Å². The van der Waals surface area contributed by atoms with Gasteiger partial charge < -0.3 is 65.1 Å². The molecular weight excluding hydrogens is 1240 g/mol. The molecule has 2 fully saturated rings. The Morgan fingerprint density at radius 2 is 0.646 bits per heavy atom. The standard InChI is InChI=1S/C85H159NO13/c1-3-5-7-9-11-13-15-17-19-21-23-25-27-29-30-31-32-33-34-35-36-37-38-39-40-41-42-43-44-45-47-49-51-53-55-57-59-61-63-65-67-69-77(90)86-73(72-96-84-82(95)80(93)83(76(71-88)98-84)99-85-81(94)79(92)78(91)75(70-87)97-85)74(89)68-66-64-62-60-58-56-54-52-50-48-46-28-26-24-22-20-18-16-14-12-10-8-6-4-2/h21,23,50,52,58,60,66,68,73-76,78-85,87-89,91-95H,3-20,22,24-49,51,53-57,59,61-65,67,69-72H2,1-2H3,(H,86,90)/b23-21-,52-50+,60-58+,68-66+. The van der Waals surface area contributed by atoms with E-state index in [2.05, 4.69) is 55.6 Å². The molecule has 2 aliphatic heterocycles. The van der Waals surface area contributed by atoms with Gasteiger partial charge in [-0.25, -0.2) is 0 Å². The average Bonchev–Trinajstić information content (AvgIpc) is 0.799. The predicted octanol–water partition coefficient (Wildman–Crippen LogP) is 19.8. The first-order valence-electron chi connectivity index (χ1n) is 42.4. The van der Waals surface area contributed by atoms with E-state index in [0.717, 1.165) is 44.9 Å². The zero-order valence-electron chi connectivity index (χ0n) is 64.0. The van der Waals surface area contributed by atoms with E-state index < -0.39 is 86.8 Å². The second-order valence-corrected chi connectivity index (χ2v) is 29.9. The molecule has 12 atom stereocenters. The van der Waals surface area contributed by atoms with E-state index in [1.807, 2.05) is 6.08 Å². The molecule has 2 heterocycles. The number of amides is 1. The third-order valence-corrected chi connectivity index (χ3v) is 20.7. The van der Waals surface area contributed by atoms with Crippen LogP contribution in [0.15, 0.2) is 48.6 Å². The van der Waals surface area contributed by atoms with Crippen molar-refractivity contribution in [3.8, 4) is 0 Å². The van der Waals surface area contributed by atoms with Crippen molar-refractivity contribution in [3.63, 3.8) is 0 Å². The molecule has 0 aliphatic carbocycles. The number of unbranched alkanes of at least 4 members (excludes halogenated alkanes) is 53. The van der Waals surface area contributed by atoms with Crippen molar-refractivity contribution >= 4 is 5.91 Å². The van der Waals surface area contributed by atoms with Crippen LogP contribution in [0.2, 0.25) is 0 Å². The van der Waals surface area contributed by atoms with Gasteiger partial charge in [-0.1, -0.05) is 364 Å². The Morgan fingerprint density at radius 1 is 0.354 bits per heavy atom. The van der Waals surface area contributed by atoms with Gasteiger partial charge in [0.05, 0.1) is 32.0 Å². The summed E-state index contributed by atoms with van der Waals surface area (Å²) in [6.45, 7) is 2.83. The maximum absolute atomic E-state index is 13.4. The highest BCUT2D eigenvalue weighted by Gasteiger charge is 2.51. The second-order valence-electron chi connectivity index (χ2n) is 29.9. The fraction of sp³-hybridized carbons (Fsp3) is 0.894. The molecule has 0 bridgehead atoms. The first kappa shape index (κ1) is 93.0. The van der Waals surface area contributed by atoms with Crippen LogP contribution in [0.5, 0.6) is 0 Å². The number of aliphatic hydroxyl groups excluding tert-OH is 8. The van der Waals surface area contributed by atoms with Crippen LogP contribution >= 0.6 is 0 Å². The Kier molecular flexibility index (Phi) is 64.9. The summed E-state index contributed by atoms with van der Waals surface area (Å²) in [4.78, 5) is 13.4. The zero-order chi connectivity index (χ0) is 71.5. The highest BCUT2D eigenvalue weighted by Crippen LogP contribution is 2.30. The van der Waals surface area contributed by atoms with Gasteiger partial charge in [0.1, 0.15) is 48.8 Å². The van der Waals surface area contributed by atoms with Crippen molar-refractivity contribution < 1.29 is 64.6 Å². The number of nitrogens with one attached hydrogen (secondary N) is 1. The van der Waals surface area contributed by atoms with Crippen LogP contribution in [0, 0.1) is 0 Å². The molecule has 0 spiro atoms. The minimum absolute atomic E-state index is 0.246. The Bertz CT molecular complexity index is 1850. The van der Waals surface area contributed by atoms with Gasteiger partial charge in [0.15, 0.2) is 12.6 Å². The average molecular weight is 1400 g/mol. The maximum atomic E-state index is 13.4. The minimum atomic E-state index is -1.79. The molecule has 1 amide bonds. The number of carbonyl (C=O) groups is 1. The maximum Gasteiger partial charge on any atom is 0.220 e. The third kappa shape index (κ3) is 51.7. The number of aliphatic hydroxyl groups is 8. The number of allylic oxidation sites excluding steroid dienone is 7. The highest BCUT2D eigenvalue weighted by atomic mass is 16.7. The van der Waals surface area contributed by atoms with E-state index in [-0.39, 0.29) is 18.9 Å². The largest absolute Gasteiger partial charge is 0.394 e. The van der Waals surface area contributed by atoms with Gasteiger partial charge in [-0.15, -0.1) is 0 Å². The van der Waals surface area contributed by atoms with Crippen LogP contribution in [0.25, 0.3) is 0 Å². The zero-order valence-corrected chi connectivity index (χ0v) is 64.0. The van der Waals surface area contributed by atoms with Crippen LogP contribution in [0.1, 0.15) is 393 Å². The van der Waals surface area contributed by atoms with Crippen LogP contribution in [-0.2, 0) is 23.7 Å². The van der Waals surface area contributed by atoms with E-state index >= 15 is 0 Å². The monoisotopic (exact) mass is 1400 g/mol. The minimum Gasteiger partial charge on any atom is -0.394 e. The molecule has 582 valence electrons. The van der Waals surface area contributed by atoms with Crippen molar-refractivity contribution in [3.05, 3.63) is 48.6 Å². The SMILES string of the molecule is CCCCCCCCCC/C=C\CCCCCCCCCCCCCCCCCCCCCCCCCCCCCCCC(=O)NC(COC1OC(CO)C(OC2OC(CO)C(O)C(O)C2O)C(O)C1O)C(O)/C=C/CC/C=C/CC/C=C/CCCCCCCCCCCCCCCC. The topological polar surface area (TPSA) is 228 Å². The summed E-state index contributed by atoms with van der Waals surface area (Å²) >= 11 is 0. The number of carbonyl (C=O) groups excluding carboxylic acids is 1. The van der Waals surface area contributed by atoms with Crippen LogP contribution in [0.3, 0.4) is 0 Å². The first-order valence-corrected chi connectivity index (χ1v) is 42.4. The molecular formula is C85H159NO13. The highest BCUT2D eigenvalue weighted by molar-refractivity contribution is 5.76. The lowest BCUT2D eigenvalue weighted by molar-refractivity contribution is -0.359. The van der Waals surface area contributed by atoms with Gasteiger partial charge >= 0.3 is 0 Å². The van der Waals surface area contributed by atoms with Crippen LogP contribution in [-0.4, -0.2) is 140 Å². The number of rotatable bonds is 72. The third-order valence-electron chi connectivity index (χ3n) is 20.7. The molecule has 12 unspecified atom stereocenters. The van der Waals surface area contributed by atoms with E-state index in [1.54, 1.807) is 6.08 Å². The fourth-order valence-corrected chi connectivity index (χ4v) is 14.0. The fourth-order valence-electron chi connectivity index (χ4n) is 14.0. The Balaban J connectivity index is 1.57. The molecule has 14 heteroatoms. The summed E-state index contributed by atoms with van der Waals surface area (Å²) in [7, 11) is 0. The summed E-state index contributed by atoms with van der Waals surface area (Å²) < 4.78 is 22.9. The smallest absolute Gasteiger partial charge is 0.220 e. The van der Waals surface area contributed by atoms with Crippen molar-refractivity contribution in [1.29, 1.82) is 0 Å². The van der Waals surface area contributed by atoms with Crippen molar-refractivity contribution in [2.75, 3.05) is 19.8 Å². The molecule has 9 N–H and O–H groups in total. The summed E-state index contributed by atoms with van der Waals surface area (Å²) in [5.74, 6) is -0.246. The van der Waals surface area contributed by atoms with Gasteiger partial charge in [0, 0.05) is 6.42 Å². The number of hydrogen-bond acceptors (Lipinski definition) is 13. The lowest BCUT2D eigenvalue weighted by Crippen LogP contribution is -2.65. The van der Waals surface area contributed by atoms with Gasteiger partial charge in [-0.2, -0.15) is 0 Å². The summed E-state index contributed by atoms with van der Waals surface area (Å²) in [5, 5.41) is 87.6. The lowest BCUT2D eigenvalue weighted by atomic mass is 9.97. The molecule has 14 nitrogen and oxygen atoms in total. The second kappa shape index (κ2) is 69.0. The molecule has 0 aromatic heterocycles. The molecule has 2 saturated heterocycles. The molecule has 0 aromatic rings. The van der Waals surface area contributed by atoms with E-state index in [1.165, 1.54) is 315 Å². The summed E-state index contributed by atoms with van der Waals surface area (Å²) in [6, 6.07) is -0.939. The van der Waals surface area contributed by atoms with E-state index in [4.69, 9.17) is 18.9 Å². The van der Waals surface area contributed by atoms with Gasteiger partial charge in [0.2, 0.25) is 5.91 Å². The molecule has 99 heavy (non-hydrogen) atoms. The molecule has 2 rings (SSSR count). The van der Waals surface area contributed by atoms with Crippen molar-refractivity contribution in [2.24, 2.45) is 0 Å². The molecule has 0 aromatic carbocycles. The van der Waals surface area contributed by atoms with Crippen molar-refractivity contribution in [2.45, 2.75) is 466 Å². The summed E-state index contributed by atoms with van der Waals surface area (Å²) in [6.07, 6.45) is 76.6. The number of ether oxygens (including phenoxy) is 4. The molecule has 0 saturated carbocycles. The van der Waals surface area contributed by atoms with Gasteiger partial charge in [0.25, 0.3) is 0 Å². The predicted molar refractivity (Wildman–Crippen MR) is 411 cm³/mol. The van der Waals surface area contributed by atoms with Crippen molar-refractivity contribution in [1.82, 2.24) is 5.32 Å². The number of hydrogen-bond donors (Lipinski definition) is 9. The first-order chi connectivity index (χ1) is 48.6. The Morgan fingerprint density at radius 3 is 0.990 bits per heavy atom. The van der Waals surface area contributed by atoms with E-state index in [0.29, 0.717) is 12.8 Å².